The molecule has 3 nitrogen and oxygen atoms in total. The van der Waals surface area contributed by atoms with Crippen LogP contribution in [0.3, 0.4) is 0 Å². The fraction of sp³-hybridized carbons (Fsp3) is 0.350. The van der Waals surface area contributed by atoms with Gasteiger partial charge >= 0.3 is 0 Å². The van der Waals surface area contributed by atoms with E-state index in [9.17, 15) is 4.79 Å². The van der Waals surface area contributed by atoms with Gasteiger partial charge < -0.3 is 10.2 Å². The predicted molar refractivity (Wildman–Crippen MR) is 96.2 cm³/mol. The van der Waals surface area contributed by atoms with Gasteiger partial charge in [0.1, 0.15) is 0 Å². The van der Waals surface area contributed by atoms with Crippen molar-refractivity contribution in [2.45, 2.75) is 40.2 Å². The maximum atomic E-state index is 12.7. The Kier molecular flexibility index (Phi) is 4.12. The first-order valence-electron chi connectivity index (χ1n) is 8.19. The quantitative estimate of drug-likeness (QED) is 0.929. The normalized spacial score (nSPS) is 16.3. The van der Waals surface area contributed by atoms with Crippen molar-refractivity contribution in [3.05, 3.63) is 58.7 Å². The standard InChI is InChI=1S/C20H24N2O/c1-13-9-14(2)20(15(3)10-13)21-12-19(23)22-16(4)11-17-7-5-6-8-18(17)22/h5-10,16,21H,11-12H2,1-4H3. The lowest BCUT2D eigenvalue weighted by atomic mass is 10.1. The largest absolute Gasteiger partial charge is 0.376 e. The number of rotatable bonds is 3. The van der Waals surface area contributed by atoms with Gasteiger partial charge in [0.25, 0.3) is 0 Å². The molecule has 0 bridgehead atoms. The Labute approximate surface area is 138 Å². The fourth-order valence-corrected chi connectivity index (χ4v) is 3.65. The molecule has 3 rings (SSSR count). The first-order valence-corrected chi connectivity index (χ1v) is 8.19. The molecule has 3 heteroatoms. The van der Waals surface area contributed by atoms with Gasteiger partial charge in [-0.05, 0) is 56.9 Å². The van der Waals surface area contributed by atoms with Gasteiger partial charge in [-0.2, -0.15) is 0 Å². The number of hydrogen-bond acceptors (Lipinski definition) is 2. The third-order valence-corrected chi connectivity index (χ3v) is 4.57. The minimum Gasteiger partial charge on any atom is -0.376 e. The number of nitrogens with zero attached hydrogens (tertiary/aromatic N) is 1. The highest BCUT2D eigenvalue weighted by molar-refractivity contribution is 5.98. The van der Waals surface area contributed by atoms with Crippen LogP contribution in [0.4, 0.5) is 11.4 Å². The van der Waals surface area contributed by atoms with Crippen LogP contribution in [0.2, 0.25) is 0 Å². The molecule has 0 aromatic heterocycles. The van der Waals surface area contributed by atoms with Crippen molar-refractivity contribution in [2.75, 3.05) is 16.8 Å². The monoisotopic (exact) mass is 308 g/mol. The van der Waals surface area contributed by atoms with Gasteiger partial charge in [-0.1, -0.05) is 35.9 Å². The van der Waals surface area contributed by atoms with Crippen molar-refractivity contribution in [2.24, 2.45) is 0 Å². The highest BCUT2D eigenvalue weighted by Gasteiger charge is 2.30. The van der Waals surface area contributed by atoms with Crippen molar-refractivity contribution in [1.29, 1.82) is 0 Å². The smallest absolute Gasteiger partial charge is 0.246 e. The van der Waals surface area contributed by atoms with Crippen molar-refractivity contribution in [3.8, 4) is 0 Å². The first-order chi connectivity index (χ1) is 11.0. The Morgan fingerprint density at radius 2 is 1.83 bits per heavy atom. The molecule has 0 radical (unpaired) electrons. The number of hydrogen-bond donors (Lipinski definition) is 1. The second-order valence-corrected chi connectivity index (χ2v) is 6.57. The van der Waals surface area contributed by atoms with E-state index in [1.165, 1.54) is 22.3 Å². The van der Waals surface area contributed by atoms with E-state index in [0.29, 0.717) is 6.54 Å². The van der Waals surface area contributed by atoms with Crippen molar-refractivity contribution in [3.63, 3.8) is 0 Å². The number of aryl methyl sites for hydroxylation is 3. The third kappa shape index (κ3) is 2.96. The summed E-state index contributed by atoms with van der Waals surface area (Å²) in [6.07, 6.45) is 0.935. The van der Waals surface area contributed by atoms with Crippen LogP contribution >= 0.6 is 0 Å². The van der Waals surface area contributed by atoms with Crippen molar-refractivity contribution in [1.82, 2.24) is 0 Å². The number of fused-ring (bicyclic) bond motifs is 1. The van der Waals surface area contributed by atoms with E-state index in [1.807, 2.05) is 23.1 Å². The molecule has 1 atom stereocenters. The molecular weight excluding hydrogens is 284 g/mol. The van der Waals surface area contributed by atoms with E-state index < -0.39 is 0 Å². The zero-order valence-corrected chi connectivity index (χ0v) is 14.3. The SMILES string of the molecule is Cc1cc(C)c(NCC(=O)N2c3ccccc3CC2C)c(C)c1. The van der Waals surface area contributed by atoms with E-state index in [-0.39, 0.29) is 11.9 Å². The minimum atomic E-state index is 0.127. The second kappa shape index (κ2) is 6.07. The Balaban J connectivity index is 1.76. The summed E-state index contributed by atoms with van der Waals surface area (Å²) < 4.78 is 0. The van der Waals surface area contributed by atoms with E-state index in [4.69, 9.17) is 0 Å². The van der Waals surface area contributed by atoms with Crippen LogP contribution in [0.15, 0.2) is 36.4 Å². The summed E-state index contributed by atoms with van der Waals surface area (Å²) >= 11 is 0. The fourth-order valence-electron chi connectivity index (χ4n) is 3.65. The van der Waals surface area contributed by atoms with Gasteiger partial charge in [0, 0.05) is 17.4 Å². The zero-order chi connectivity index (χ0) is 16.6. The van der Waals surface area contributed by atoms with E-state index in [0.717, 1.165) is 17.8 Å². The highest BCUT2D eigenvalue weighted by atomic mass is 16.2. The molecule has 2 aromatic rings. The Morgan fingerprint density at radius 3 is 2.52 bits per heavy atom. The van der Waals surface area contributed by atoms with Gasteiger partial charge in [0.05, 0.1) is 6.54 Å². The molecule has 1 N–H and O–H groups in total. The molecule has 1 aliphatic rings. The topological polar surface area (TPSA) is 32.3 Å². The van der Waals surface area contributed by atoms with Crippen molar-refractivity contribution >= 4 is 17.3 Å². The number of carbonyl (C=O) groups excluding carboxylic acids is 1. The maximum Gasteiger partial charge on any atom is 0.246 e. The molecule has 1 aliphatic heterocycles. The van der Waals surface area contributed by atoms with Crippen LogP contribution in [0.1, 0.15) is 29.2 Å². The molecule has 1 amide bonds. The molecule has 0 saturated carbocycles. The molecule has 2 aromatic carbocycles. The third-order valence-electron chi connectivity index (χ3n) is 4.57. The van der Waals surface area contributed by atoms with Crippen LogP contribution in [-0.2, 0) is 11.2 Å². The summed E-state index contributed by atoms with van der Waals surface area (Å²) in [4.78, 5) is 14.7. The predicted octanol–water partition coefficient (Wildman–Crippen LogP) is 4.00. The number of benzene rings is 2. The van der Waals surface area contributed by atoms with Gasteiger partial charge in [-0.15, -0.1) is 0 Å². The van der Waals surface area contributed by atoms with Crippen LogP contribution < -0.4 is 10.2 Å². The summed E-state index contributed by atoms with van der Waals surface area (Å²) in [5.74, 6) is 0.127. The second-order valence-electron chi connectivity index (χ2n) is 6.57. The van der Waals surface area contributed by atoms with Crippen molar-refractivity contribution < 1.29 is 4.79 Å². The Hall–Kier alpha value is -2.29. The lowest BCUT2D eigenvalue weighted by Gasteiger charge is -2.24. The summed E-state index contributed by atoms with van der Waals surface area (Å²) in [5, 5.41) is 3.35. The maximum absolute atomic E-state index is 12.7. The first kappa shape index (κ1) is 15.6. The molecule has 23 heavy (non-hydrogen) atoms. The van der Waals surface area contributed by atoms with Crippen LogP contribution in [0, 0.1) is 20.8 Å². The van der Waals surface area contributed by atoms with Crippen LogP contribution in [0.5, 0.6) is 0 Å². The molecule has 0 spiro atoms. The molecule has 1 unspecified atom stereocenters. The Bertz CT molecular complexity index is 728. The number of carbonyl (C=O) groups is 1. The summed E-state index contributed by atoms with van der Waals surface area (Å²) in [7, 11) is 0. The average Bonchev–Trinajstić information content (AvgIpc) is 2.81. The van der Waals surface area contributed by atoms with Gasteiger partial charge in [-0.3, -0.25) is 4.79 Å². The van der Waals surface area contributed by atoms with E-state index in [1.54, 1.807) is 0 Å². The average molecular weight is 308 g/mol. The van der Waals surface area contributed by atoms with E-state index in [2.05, 4.69) is 51.2 Å². The van der Waals surface area contributed by atoms with Gasteiger partial charge in [0.15, 0.2) is 0 Å². The highest BCUT2D eigenvalue weighted by Crippen LogP contribution is 2.32. The molecule has 0 saturated heterocycles. The lowest BCUT2D eigenvalue weighted by Crippen LogP contribution is -2.39. The lowest BCUT2D eigenvalue weighted by molar-refractivity contribution is -0.117. The molecule has 1 heterocycles. The minimum absolute atomic E-state index is 0.127. The molecular formula is C20H24N2O. The van der Waals surface area contributed by atoms with Gasteiger partial charge in [-0.25, -0.2) is 0 Å². The number of para-hydroxylation sites is 1. The molecule has 0 aliphatic carbocycles. The molecule has 120 valence electrons. The van der Waals surface area contributed by atoms with Gasteiger partial charge in [0.2, 0.25) is 5.91 Å². The summed E-state index contributed by atoms with van der Waals surface area (Å²) in [6.45, 7) is 8.70. The van der Waals surface area contributed by atoms with E-state index >= 15 is 0 Å². The number of amides is 1. The Morgan fingerprint density at radius 1 is 1.17 bits per heavy atom. The van der Waals surface area contributed by atoms with Crippen LogP contribution in [-0.4, -0.2) is 18.5 Å². The summed E-state index contributed by atoms with van der Waals surface area (Å²) in [5.41, 5.74) is 7.01. The van der Waals surface area contributed by atoms with Crippen LogP contribution in [0.25, 0.3) is 0 Å². The number of anilines is 2. The zero-order valence-electron chi connectivity index (χ0n) is 14.3. The molecule has 0 fully saturated rings. The number of nitrogens with one attached hydrogen (secondary N) is 1. The summed E-state index contributed by atoms with van der Waals surface area (Å²) in [6, 6.07) is 12.7.